The van der Waals surface area contributed by atoms with Crippen LogP contribution in [-0.2, 0) is 22.5 Å². The fourth-order valence-corrected chi connectivity index (χ4v) is 4.21. The number of hydrogen-bond acceptors (Lipinski definition) is 3. The van der Waals surface area contributed by atoms with Crippen LogP contribution in [0.4, 0.5) is 0 Å². The minimum Gasteiger partial charge on any atom is -0.383 e. The van der Waals surface area contributed by atoms with Crippen molar-refractivity contribution in [3.8, 4) is 0 Å². The van der Waals surface area contributed by atoms with Crippen molar-refractivity contribution in [1.29, 1.82) is 0 Å². The average Bonchev–Trinajstić information content (AvgIpc) is 2.95. The molecule has 0 aliphatic heterocycles. The molecule has 0 aliphatic carbocycles. The molecule has 1 heterocycles. The third-order valence-corrected chi connectivity index (χ3v) is 5.39. The Labute approximate surface area is 158 Å². The highest BCUT2D eigenvalue weighted by Crippen LogP contribution is 2.22. The van der Waals surface area contributed by atoms with Crippen LogP contribution in [0.15, 0.2) is 58.0 Å². The maximum Gasteiger partial charge on any atom is 0.248 e. The van der Waals surface area contributed by atoms with Gasteiger partial charge in [0.25, 0.3) is 0 Å². The summed E-state index contributed by atoms with van der Waals surface area (Å²) in [4.78, 5) is 17.4. The van der Waals surface area contributed by atoms with E-state index in [1.807, 2.05) is 42.5 Å². The van der Waals surface area contributed by atoms with Gasteiger partial charge >= 0.3 is 0 Å². The van der Waals surface area contributed by atoms with Crippen LogP contribution in [0.5, 0.6) is 0 Å². The maximum absolute atomic E-state index is 12.3. The van der Waals surface area contributed by atoms with Gasteiger partial charge in [0.15, 0.2) is 4.80 Å². The van der Waals surface area contributed by atoms with Crippen molar-refractivity contribution >= 4 is 43.4 Å². The molecule has 0 unspecified atom stereocenters. The van der Waals surface area contributed by atoms with Crippen LogP contribution >= 0.6 is 27.3 Å². The molecule has 0 saturated carbocycles. The van der Waals surface area contributed by atoms with E-state index < -0.39 is 0 Å². The second-order valence-electron chi connectivity index (χ2n) is 5.63. The second-order valence-corrected chi connectivity index (χ2v) is 7.56. The Kier molecular flexibility index (Phi) is 6.18. The molecule has 0 aliphatic rings. The Morgan fingerprint density at radius 1 is 1.24 bits per heavy atom. The van der Waals surface area contributed by atoms with Crippen LogP contribution in [0, 0.1) is 0 Å². The van der Waals surface area contributed by atoms with Crippen molar-refractivity contribution < 1.29 is 9.53 Å². The topological polar surface area (TPSA) is 43.6 Å². The number of aryl methyl sites for hydroxylation is 1. The van der Waals surface area contributed by atoms with E-state index in [0.717, 1.165) is 25.1 Å². The summed E-state index contributed by atoms with van der Waals surface area (Å²) in [7, 11) is 1.67. The fourth-order valence-electron chi connectivity index (χ4n) is 2.59. The molecular weight excluding hydrogens is 400 g/mol. The highest BCUT2D eigenvalue weighted by molar-refractivity contribution is 9.10. The molecule has 6 heteroatoms. The Bertz CT molecular complexity index is 931. The highest BCUT2D eigenvalue weighted by Gasteiger charge is 2.08. The fraction of sp³-hybridized carbons (Fsp3) is 0.263. The van der Waals surface area contributed by atoms with E-state index in [0.29, 0.717) is 26.0 Å². The normalized spacial score (nSPS) is 12.0. The van der Waals surface area contributed by atoms with E-state index in [9.17, 15) is 4.79 Å². The molecule has 0 bridgehead atoms. The molecule has 3 aromatic rings. The van der Waals surface area contributed by atoms with Crippen LogP contribution in [0.3, 0.4) is 0 Å². The summed E-state index contributed by atoms with van der Waals surface area (Å²) >= 11 is 5.02. The molecule has 130 valence electrons. The first-order valence-electron chi connectivity index (χ1n) is 8.06. The van der Waals surface area contributed by atoms with Gasteiger partial charge in [0.1, 0.15) is 0 Å². The zero-order valence-electron chi connectivity index (χ0n) is 13.9. The number of thiazole rings is 1. The van der Waals surface area contributed by atoms with E-state index in [4.69, 9.17) is 4.74 Å². The smallest absolute Gasteiger partial charge is 0.248 e. The number of nitrogens with zero attached hydrogens (tertiary/aromatic N) is 2. The van der Waals surface area contributed by atoms with E-state index in [1.165, 1.54) is 11.3 Å². The van der Waals surface area contributed by atoms with Crippen molar-refractivity contribution in [3.63, 3.8) is 0 Å². The number of rotatable bonds is 6. The first-order chi connectivity index (χ1) is 12.2. The molecule has 25 heavy (non-hydrogen) atoms. The van der Waals surface area contributed by atoms with Crippen molar-refractivity contribution in [2.24, 2.45) is 4.99 Å². The minimum absolute atomic E-state index is 0.0966. The number of methoxy groups -OCH3 is 1. The van der Waals surface area contributed by atoms with E-state index in [2.05, 4.69) is 31.6 Å². The average molecular weight is 419 g/mol. The van der Waals surface area contributed by atoms with Gasteiger partial charge in [0, 0.05) is 24.5 Å². The monoisotopic (exact) mass is 418 g/mol. The summed E-state index contributed by atoms with van der Waals surface area (Å²) in [6.07, 6.45) is 1.11. The predicted octanol–water partition coefficient (Wildman–Crippen LogP) is 4.17. The second kappa shape index (κ2) is 8.56. The number of hydrogen-bond donors (Lipinski definition) is 0. The van der Waals surface area contributed by atoms with Gasteiger partial charge in [-0.2, -0.15) is 4.99 Å². The molecule has 0 saturated heterocycles. The molecule has 0 N–H and O–H groups in total. The Hall–Kier alpha value is -1.76. The molecule has 0 radical (unpaired) electrons. The molecule has 4 nitrogen and oxygen atoms in total. The zero-order chi connectivity index (χ0) is 17.6. The van der Waals surface area contributed by atoms with Crippen LogP contribution in [0.1, 0.15) is 12.0 Å². The quantitative estimate of drug-likeness (QED) is 0.602. The van der Waals surface area contributed by atoms with E-state index in [1.54, 1.807) is 7.11 Å². The van der Waals surface area contributed by atoms with Gasteiger partial charge in [0.2, 0.25) is 5.91 Å². The number of halogens is 1. The Morgan fingerprint density at radius 2 is 2.04 bits per heavy atom. The van der Waals surface area contributed by atoms with Gasteiger partial charge in [0.05, 0.1) is 16.8 Å². The minimum atomic E-state index is -0.0966. The van der Waals surface area contributed by atoms with Crippen LogP contribution < -0.4 is 4.80 Å². The zero-order valence-corrected chi connectivity index (χ0v) is 16.3. The van der Waals surface area contributed by atoms with Crippen LogP contribution in [0.25, 0.3) is 10.2 Å². The number of carbonyl (C=O) groups is 1. The number of carbonyl (C=O) groups excluding carboxylic acids is 1. The molecule has 1 amide bonds. The Morgan fingerprint density at radius 3 is 2.80 bits per heavy atom. The molecule has 3 rings (SSSR count). The SMILES string of the molecule is COCCn1c(=NC(=O)CCc2ccccc2)sc2cc(Br)ccc21. The van der Waals surface area contributed by atoms with Crippen LogP contribution in [-0.4, -0.2) is 24.2 Å². The van der Waals surface area contributed by atoms with Gasteiger partial charge in [-0.3, -0.25) is 4.79 Å². The first kappa shape index (κ1) is 18.0. The number of ether oxygens (including phenoxy) is 1. The number of fused-ring (bicyclic) bond motifs is 1. The lowest BCUT2D eigenvalue weighted by molar-refractivity contribution is -0.118. The third kappa shape index (κ3) is 4.66. The van der Waals surface area contributed by atoms with Gasteiger partial charge in [-0.05, 0) is 30.2 Å². The largest absolute Gasteiger partial charge is 0.383 e. The van der Waals surface area contributed by atoms with Crippen molar-refractivity contribution in [2.75, 3.05) is 13.7 Å². The molecule has 2 aromatic carbocycles. The number of benzene rings is 2. The molecule has 1 aromatic heterocycles. The number of aromatic nitrogens is 1. The standard InChI is InChI=1S/C19H19BrN2O2S/c1-24-12-11-22-16-9-8-15(20)13-17(16)25-19(22)21-18(23)10-7-14-5-3-2-4-6-14/h2-6,8-9,13H,7,10-12H2,1H3. The van der Waals surface area contributed by atoms with Gasteiger partial charge < -0.3 is 9.30 Å². The highest BCUT2D eigenvalue weighted by atomic mass is 79.9. The predicted molar refractivity (Wildman–Crippen MR) is 105 cm³/mol. The van der Waals surface area contributed by atoms with Gasteiger partial charge in [-0.15, -0.1) is 0 Å². The van der Waals surface area contributed by atoms with Crippen LogP contribution in [0.2, 0.25) is 0 Å². The van der Waals surface area contributed by atoms with Crippen molar-refractivity contribution in [3.05, 3.63) is 63.4 Å². The summed E-state index contributed by atoms with van der Waals surface area (Å²) in [5, 5.41) is 0. The molecule has 0 fully saturated rings. The van der Waals surface area contributed by atoms with E-state index in [-0.39, 0.29) is 5.91 Å². The lowest BCUT2D eigenvalue weighted by Crippen LogP contribution is -2.19. The van der Waals surface area contributed by atoms with Gasteiger partial charge in [-0.1, -0.05) is 57.6 Å². The number of amides is 1. The summed E-state index contributed by atoms with van der Waals surface area (Å²) < 4.78 is 9.37. The molecule has 0 spiro atoms. The summed E-state index contributed by atoms with van der Waals surface area (Å²) in [5.41, 5.74) is 2.22. The van der Waals surface area contributed by atoms with Crippen molar-refractivity contribution in [2.45, 2.75) is 19.4 Å². The van der Waals surface area contributed by atoms with Crippen molar-refractivity contribution in [1.82, 2.24) is 4.57 Å². The summed E-state index contributed by atoms with van der Waals surface area (Å²) in [6.45, 7) is 1.25. The lowest BCUT2D eigenvalue weighted by atomic mass is 10.1. The third-order valence-electron chi connectivity index (χ3n) is 3.85. The summed E-state index contributed by atoms with van der Waals surface area (Å²) in [6, 6.07) is 16.1. The maximum atomic E-state index is 12.3. The first-order valence-corrected chi connectivity index (χ1v) is 9.67. The van der Waals surface area contributed by atoms with E-state index >= 15 is 0 Å². The van der Waals surface area contributed by atoms with Gasteiger partial charge in [-0.25, -0.2) is 0 Å². The summed E-state index contributed by atoms with van der Waals surface area (Å²) in [5.74, 6) is -0.0966. The molecular formula is C19H19BrN2O2S. The Balaban J connectivity index is 1.87. The lowest BCUT2D eigenvalue weighted by Gasteiger charge is -2.04. The molecule has 0 atom stereocenters.